The molecule has 5 heteroatoms. The zero-order chi connectivity index (χ0) is 13.4. The first-order valence-corrected chi connectivity index (χ1v) is 5.54. The smallest absolute Gasteiger partial charge is 0.244 e. The summed E-state index contributed by atoms with van der Waals surface area (Å²) >= 11 is 0. The van der Waals surface area contributed by atoms with Crippen LogP contribution < -0.4 is 10.6 Å². The molecule has 4 nitrogen and oxygen atoms in total. The lowest BCUT2D eigenvalue weighted by Gasteiger charge is -2.02. The van der Waals surface area contributed by atoms with Gasteiger partial charge < -0.3 is 10.6 Å². The van der Waals surface area contributed by atoms with Crippen LogP contribution in [0.2, 0.25) is 0 Å². The molecule has 0 saturated carbocycles. The lowest BCUT2D eigenvalue weighted by atomic mass is 10.2. The van der Waals surface area contributed by atoms with Crippen LogP contribution in [-0.4, -0.2) is 24.9 Å². The highest BCUT2D eigenvalue weighted by Crippen LogP contribution is 2.07. The van der Waals surface area contributed by atoms with Crippen molar-refractivity contribution in [1.29, 1.82) is 0 Å². The van der Waals surface area contributed by atoms with E-state index < -0.39 is 0 Å². The zero-order valence-corrected chi connectivity index (χ0v) is 10.1. The quantitative estimate of drug-likeness (QED) is 0.607. The number of nitrogens with one attached hydrogen (secondary N) is 2. The Bertz CT molecular complexity index is 458. The van der Waals surface area contributed by atoms with E-state index in [0.29, 0.717) is 18.7 Å². The molecule has 0 aliphatic heterocycles. The van der Waals surface area contributed by atoms with Gasteiger partial charge in [0.05, 0.1) is 0 Å². The fourth-order valence-electron chi connectivity index (χ4n) is 1.26. The Morgan fingerprint density at radius 3 is 2.56 bits per heavy atom. The molecule has 1 aromatic carbocycles. The molecular weight excluding hydrogens is 235 g/mol. The van der Waals surface area contributed by atoms with Crippen molar-refractivity contribution in [1.82, 2.24) is 10.6 Å². The maximum Gasteiger partial charge on any atom is 0.244 e. The summed E-state index contributed by atoms with van der Waals surface area (Å²) in [7, 11) is 0. The third-order valence-corrected chi connectivity index (χ3v) is 2.12. The van der Waals surface area contributed by atoms with Gasteiger partial charge in [0.25, 0.3) is 0 Å². The molecule has 2 amide bonds. The van der Waals surface area contributed by atoms with E-state index in [9.17, 15) is 14.0 Å². The van der Waals surface area contributed by atoms with Gasteiger partial charge in [0.2, 0.25) is 11.8 Å². The molecule has 0 aliphatic rings. The van der Waals surface area contributed by atoms with Crippen LogP contribution >= 0.6 is 0 Å². The van der Waals surface area contributed by atoms with Crippen LogP contribution in [-0.2, 0) is 9.59 Å². The summed E-state index contributed by atoms with van der Waals surface area (Å²) < 4.78 is 13.2. The van der Waals surface area contributed by atoms with Crippen LogP contribution in [0.1, 0.15) is 12.5 Å². The Labute approximate surface area is 105 Å². The van der Waals surface area contributed by atoms with Gasteiger partial charge in [-0.1, -0.05) is 18.2 Å². The van der Waals surface area contributed by atoms with E-state index in [1.54, 1.807) is 18.2 Å². The Hall–Kier alpha value is -2.17. The van der Waals surface area contributed by atoms with Crippen molar-refractivity contribution >= 4 is 17.9 Å². The number of carbonyl (C=O) groups excluding carboxylic acids is 2. The van der Waals surface area contributed by atoms with Gasteiger partial charge in [-0.2, -0.15) is 0 Å². The monoisotopic (exact) mass is 250 g/mol. The average molecular weight is 250 g/mol. The second-order valence-corrected chi connectivity index (χ2v) is 3.63. The van der Waals surface area contributed by atoms with Gasteiger partial charge in [-0.15, -0.1) is 0 Å². The Balaban J connectivity index is 2.36. The van der Waals surface area contributed by atoms with Crippen LogP contribution in [0.25, 0.3) is 6.08 Å². The van der Waals surface area contributed by atoms with E-state index >= 15 is 0 Å². The molecule has 1 aromatic rings. The number of carbonyl (C=O) groups is 2. The van der Waals surface area contributed by atoms with Crippen molar-refractivity contribution in [2.24, 2.45) is 0 Å². The predicted molar refractivity (Wildman–Crippen MR) is 67.1 cm³/mol. The normalized spacial score (nSPS) is 10.3. The van der Waals surface area contributed by atoms with Crippen molar-refractivity contribution < 1.29 is 14.0 Å². The molecule has 0 bridgehead atoms. The lowest BCUT2D eigenvalue weighted by molar-refractivity contribution is -0.119. The SMILES string of the molecule is CC(=O)NCCNC(=O)/C=C/c1ccccc1F. The third kappa shape index (κ3) is 5.25. The first-order valence-electron chi connectivity index (χ1n) is 5.54. The molecule has 18 heavy (non-hydrogen) atoms. The van der Waals surface area contributed by atoms with Crippen molar-refractivity contribution in [2.45, 2.75) is 6.92 Å². The summed E-state index contributed by atoms with van der Waals surface area (Å²) in [5, 5.41) is 5.11. The molecule has 0 aromatic heterocycles. The van der Waals surface area contributed by atoms with E-state index in [4.69, 9.17) is 0 Å². The predicted octanol–water partition coefficient (Wildman–Crippen LogP) is 1.09. The van der Waals surface area contributed by atoms with Crippen molar-refractivity contribution in [3.05, 3.63) is 41.7 Å². The van der Waals surface area contributed by atoms with Gasteiger partial charge in [0.1, 0.15) is 5.82 Å². The number of benzene rings is 1. The fourth-order valence-corrected chi connectivity index (χ4v) is 1.26. The molecule has 96 valence electrons. The highest BCUT2D eigenvalue weighted by molar-refractivity contribution is 5.91. The highest BCUT2D eigenvalue weighted by atomic mass is 19.1. The van der Waals surface area contributed by atoms with E-state index in [0.717, 1.165) is 0 Å². The minimum absolute atomic E-state index is 0.147. The van der Waals surface area contributed by atoms with E-state index in [1.807, 2.05) is 0 Å². The first-order chi connectivity index (χ1) is 8.59. The molecule has 0 heterocycles. The van der Waals surface area contributed by atoms with Gasteiger partial charge >= 0.3 is 0 Å². The van der Waals surface area contributed by atoms with Crippen LogP contribution in [0.3, 0.4) is 0 Å². The minimum Gasteiger partial charge on any atom is -0.355 e. The van der Waals surface area contributed by atoms with Gasteiger partial charge in [-0.05, 0) is 12.1 Å². The molecule has 0 radical (unpaired) electrons. The molecule has 0 aliphatic carbocycles. The Morgan fingerprint density at radius 2 is 1.89 bits per heavy atom. The second kappa shape index (κ2) is 7.21. The molecule has 0 spiro atoms. The second-order valence-electron chi connectivity index (χ2n) is 3.63. The molecule has 1 rings (SSSR count). The minimum atomic E-state index is -0.375. The zero-order valence-electron chi connectivity index (χ0n) is 10.1. The Morgan fingerprint density at radius 1 is 1.22 bits per heavy atom. The maximum atomic E-state index is 13.2. The van der Waals surface area contributed by atoms with Crippen LogP contribution in [0.5, 0.6) is 0 Å². The molecule has 0 atom stereocenters. The van der Waals surface area contributed by atoms with Gasteiger partial charge in [0.15, 0.2) is 0 Å². The Kier molecular flexibility index (Phi) is 5.57. The molecule has 2 N–H and O–H groups in total. The number of hydrogen-bond donors (Lipinski definition) is 2. The highest BCUT2D eigenvalue weighted by Gasteiger charge is 1.98. The van der Waals surface area contributed by atoms with Crippen molar-refractivity contribution in [3.63, 3.8) is 0 Å². The van der Waals surface area contributed by atoms with E-state index in [1.165, 1.54) is 25.1 Å². The topological polar surface area (TPSA) is 58.2 Å². The summed E-state index contributed by atoms with van der Waals surface area (Å²) in [6.07, 6.45) is 2.66. The first kappa shape index (κ1) is 13.9. The van der Waals surface area contributed by atoms with Gasteiger partial charge in [0, 0.05) is 31.7 Å². The van der Waals surface area contributed by atoms with Crippen molar-refractivity contribution in [3.8, 4) is 0 Å². The van der Waals surface area contributed by atoms with Crippen molar-refractivity contribution in [2.75, 3.05) is 13.1 Å². The number of hydrogen-bond acceptors (Lipinski definition) is 2. The van der Waals surface area contributed by atoms with Crippen LogP contribution in [0.4, 0.5) is 4.39 Å². The maximum absolute atomic E-state index is 13.2. The molecule has 0 fully saturated rings. The third-order valence-electron chi connectivity index (χ3n) is 2.12. The summed E-state index contributed by atoms with van der Waals surface area (Å²) in [4.78, 5) is 21.9. The van der Waals surface area contributed by atoms with Crippen LogP contribution in [0, 0.1) is 5.82 Å². The summed E-state index contributed by atoms with van der Waals surface area (Å²) in [5.41, 5.74) is 0.356. The summed E-state index contributed by atoms with van der Waals surface area (Å²) in [5.74, 6) is -0.852. The van der Waals surface area contributed by atoms with E-state index in [2.05, 4.69) is 10.6 Å². The largest absolute Gasteiger partial charge is 0.355 e. The van der Waals surface area contributed by atoms with Gasteiger partial charge in [-0.25, -0.2) is 4.39 Å². The van der Waals surface area contributed by atoms with Crippen LogP contribution in [0.15, 0.2) is 30.3 Å². The fraction of sp³-hybridized carbons (Fsp3) is 0.231. The summed E-state index contributed by atoms with van der Waals surface area (Å²) in [6.45, 7) is 2.11. The van der Waals surface area contributed by atoms with Gasteiger partial charge in [-0.3, -0.25) is 9.59 Å². The number of amides is 2. The molecule has 0 saturated heterocycles. The molecular formula is C13H15FN2O2. The average Bonchev–Trinajstić information content (AvgIpc) is 2.33. The standard InChI is InChI=1S/C13H15FN2O2/c1-10(17)15-8-9-16-13(18)7-6-11-4-2-3-5-12(11)14/h2-7H,8-9H2,1H3,(H,15,17)(H,16,18)/b7-6+. The lowest BCUT2D eigenvalue weighted by Crippen LogP contribution is -2.32. The summed E-state index contributed by atoms with van der Waals surface area (Å²) in [6, 6.07) is 6.18. The molecule has 0 unspecified atom stereocenters. The number of rotatable bonds is 5. The van der Waals surface area contributed by atoms with E-state index in [-0.39, 0.29) is 17.6 Å². The number of halogens is 1.